The van der Waals surface area contributed by atoms with Crippen LogP contribution in [0.4, 0.5) is 5.69 Å². The van der Waals surface area contributed by atoms with E-state index in [2.05, 4.69) is 19.2 Å². The van der Waals surface area contributed by atoms with Gasteiger partial charge in [-0.15, -0.1) is 0 Å². The second kappa shape index (κ2) is 9.47. The molecule has 116 valence electrons. The standard InChI is InChI=1S/C16H24N2O2S/c1-3-5-12(2)11-20-9-8-15(19)18-14-7-4-6-13(10-14)16(17)21/h4,6-7,10,12H,3,5,8-9,11H2,1-2H3,(H2,17,21)(H,18,19). The average Bonchev–Trinajstić information content (AvgIpc) is 2.44. The number of anilines is 1. The number of carbonyl (C=O) groups is 1. The summed E-state index contributed by atoms with van der Waals surface area (Å²) in [6, 6.07) is 7.21. The Morgan fingerprint density at radius 1 is 1.48 bits per heavy atom. The monoisotopic (exact) mass is 308 g/mol. The van der Waals surface area contributed by atoms with Gasteiger partial charge < -0.3 is 15.8 Å². The zero-order valence-electron chi connectivity index (χ0n) is 12.7. The molecule has 21 heavy (non-hydrogen) atoms. The molecule has 0 aliphatic carbocycles. The molecule has 0 saturated heterocycles. The third-order valence-corrected chi connectivity index (χ3v) is 3.32. The second-order valence-corrected chi connectivity index (χ2v) is 5.65. The van der Waals surface area contributed by atoms with Gasteiger partial charge in [-0.1, -0.05) is 44.6 Å². The topological polar surface area (TPSA) is 64.3 Å². The van der Waals surface area contributed by atoms with Gasteiger partial charge in [0.2, 0.25) is 5.91 Å². The fourth-order valence-corrected chi connectivity index (χ4v) is 2.13. The Hall–Kier alpha value is -1.46. The number of rotatable bonds is 9. The molecule has 0 aliphatic heterocycles. The van der Waals surface area contributed by atoms with Crippen molar-refractivity contribution in [3.05, 3.63) is 29.8 Å². The van der Waals surface area contributed by atoms with Crippen LogP contribution in [-0.2, 0) is 9.53 Å². The highest BCUT2D eigenvalue weighted by atomic mass is 32.1. The van der Waals surface area contributed by atoms with Crippen molar-refractivity contribution >= 4 is 28.8 Å². The van der Waals surface area contributed by atoms with E-state index < -0.39 is 0 Å². The van der Waals surface area contributed by atoms with E-state index in [9.17, 15) is 4.79 Å². The molecule has 3 N–H and O–H groups in total. The van der Waals surface area contributed by atoms with Crippen molar-refractivity contribution in [2.45, 2.75) is 33.1 Å². The molecule has 1 unspecified atom stereocenters. The van der Waals surface area contributed by atoms with Gasteiger partial charge >= 0.3 is 0 Å². The van der Waals surface area contributed by atoms with Gasteiger partial charge in [0.25, 0.3) is 0 Å². The number of hydrogen-bond acceptors (Lipinski definition) is 3. The summed E-state index contributed by atoms with van der Waals surface area (Å²) >= 11 is 4.91. The van der Waals surface area contributed by atoms with E-state index in [1.807, 2.05) is 18.2 Å². The Labute approximate surface area is 132 Å². The predicted octanol–water partition coefficient (Wildman–Crippen LogP) is 3.10. The van der Waals surface area contributed by atoms with Crippen LogP contribution in [0.25, 0.3) is 0 Å². The maximum absolute atomic E-state index is 11.8. The Kier molecular flexibility index (Phi) is 7.93. The van der Waals surface area contributed by atoms with Crippen LogP contribution < -0.4 is 11.1 Å². The summed E-state index contributed by atoms with van der Waals surface area (Å²) in [6.45, 7) is 5.46. The Balaban J connectivity index is 2.31. The maximum atomic E-state index is 11.8. The van der Waals surface area contributed by atoms with Crippen molar-refractivity contribution in [3.8, 4) is 0 Å². The van der Waals surface area contributed by atoms with Crippen molar-refractivity contribution in [3.63, 3.8) is 0 Å². The molecular formula is C16H24N2O2S. The van der Waals surface area contributed by atoms with Crippen LogP contribution in [0, 0.1) is 5.92 Å². The van der Waals surface area contributed by atoms with Gasteiger partial charge in [0.05, 0.1) is 13.0 Å². The van der Waals surface area contributed by atoms with Crippen molar-refractivity contribution in [1.29, 1.82) is 0 Å². The number of ether oxygens (including phenoxy) is 1. The van der Waals surface area contributed by atoms with Gasteiger partial charge in [-0.2, -0.15) is 0 Å². The quantitative estimate of drug-likeness (QED) is 0.543. The molecule has 5 heteroatoms. The summed E-state index contributed by atoms with van der Waals surface area (Å²) in [5.41, 5.74) is 7.01. The number of thiocarbonyl (C=S) groups is 1. The Morgan fingerprint density at radius 3 is 2.90 bits per heavy atom. The summed E-state index contributed by atoms with van der Waals surface area (Å²) in [5, 5.41) is 2.82. The summed E-state index contributed by atoms with van der Waals surface area (Å²) < 4.78 is 5.52. The highest BCUT2D eigenvalue weighted by Gasteiger charge is 2.05. The number of amides is 1. The minimum absolute atomic E-state index is 0.0711. The van der Waals surface area contributed by atoms with Crippen LogP contribution >= 0.6 is 12.2 Å². The molecule has 0 heterocycles. The van der Waals surface area contributed by atoms with E-state index in [1.165, 1.54) is 0 Å². The molecule has 0 saturated carbocycles. The fraction of sp³-hybridized carbons (Fsp3) is 0.500. The summed E-state index contributed by atoms with van der Waals surface area (Å²) in [6.07, 6.45) is 2.65. The van der Waals surface area contributed by atoms with Crippen molar-refractivity contribution in [2.75, 3.05) is 18.5 Å². The lowest BCUT2D eigenvalue weighted by Crippen LogP contribution is -2.16. The lowest BCUT2D eigenvalue weighted by Gasteiger charge is -2.11. The highest BCUT2D eigenvalue weighted by Crippen LogP contribution is 2.11. The van der Waals surface area contributed by atoms with E-state index in [1.54, 1.807) is 6.07 Å². The van der Waals surface area contributed by atoms with Gasteiger partial charge in [0.1, 0.15) is 4.99 Å². The molecule has 1 aromatic carbocycles. The zero-order valence-corrected chi connectivity index (χ0v) is 13.5. The van der Waals surface area contributed by atoms with E-state index in [4.69, 9.17) is 22.7 Å². The first-order valence-electron chi connectivity index (χ1n) is 7.30. The highest BCUT2D eigenvalue weighted by molar-refractivity contribution is 7.80. The largest absolute Gasteiger partial charge is 0.389 e. The number of nitrogens with one attached hydrogen (secondary N) is 1. The van der Waals surface area contributed by atoms with E-state index in [-0.39, 0.29) is 5.91 Å². The summed E-state index contributed by atoms with van der Waals surface area (Å²) in [4.78, 5) is 12.1. The maximum Gasteiger partial charge on any atom is 0.226 e. The molecule has 1 rings (SSSR count). The van der Waals surface area contributed by atoms with Gasteiger partial charge in [0.15, 0.2) is 0 Å². The lowest BCUT2D eigenvalue weighted by atomic mass is 10.1. The van der Waals surface area contributed by atoms with E-state index >= 15 is 0 Å². The Morgan fingerprint density at radius 2 is 2.24 bits per heavy atom. The molecule has 0 fully saturated rings. The van der Waals surface area contributed by atoms with Crippen LogP contribution in [0.15, 0.2) is 24.3 Å². The molecular weight excluding hydrogens is 284 g/mol. The number of hydrogen-bond donors (Lipinski definition) is 2. The molecule has 0 spiro atoms. The Bertz CT molecular complexity index is 477. The van der Waals surface area contributed by atoms with Gasteiger partial charge in [-0.3, -0.25) is 4.79 Å². The second-order valence-electron chi connectivity index (χ2n) is 5.21. The van der Waals surface area contributed by atoms with Crippen LogP contribution in [0.2, 0.25) is 0 Å². The normalized spacial score (nSPS) is 11.9. The first-order valence-corrected chi connectivity index (χ1v) is 7.71. The summed E-state index contributed by atoms with van der Waals surface area (Å²) in [5.74, 6) is 0.471. The molecule has 1 amide bonds. The van der Waals surface area contributed by atoms with E-state index in [0.29, 0.717) is 36.2 Å². The van der Waals surface area contributed by atoms with Gasteiger partial charge in [-0.25, -0.2) is 0 Å². The van der Waals surface area contributed by atoms with E-state index in [0.717, 1.165) is 18.4 Å². The SMILES string of the molecule is CCCC(C)COCCC(=O)Nc1cccc(C(N)=S)c1. The number of nitrogens with two attached hydrogens (primary N) is 1. The zero-order chi connectivity index (χ0) is 15.7. The fourth-order valence-electron chi connectivity index (χ4n) is 2.00. The van der Waals surface area contributed by atoms with Gasteiger partial charge in [0, 0.05) is 17.9 Å². The third kappa shape index (κ3) is 7.20. The van der Waals surface area contributed by atoms with Crippen LogP contribution in [0.5, 0.6) is 0 Å². The molecule has 0 bridgehead atoms. The average molecular weight is 308 g/mol. The smallest absolute Gasteiger partial charge is 0.226 e. The molecule has 4 nitrogen and oxygen atoms in total. The van der Waals surface area contributed by atoms with Crippen LogP contribution in [0.1, 0.15) is 38.7 Å². The minimum Gasteiger partial charge on any atom is -0.389 e. The van der Waals surface area contributed by atoms with Crippen LogP contribution in [-0.4, -0.2) is 24.1 Å². The first-order chi connectivity index (χ1) is 10.0. The van der Waals surface area contributed by atoms with Crippen LogP contribution in [0.3, 0.4) is 0 Å². The molecule has 0 aliphatic rings. The third-order valence-electron chi connectivity index (χ3n) is 3.09. The first kappa shape index (κ1) is 17.6. The summed E-state index contributed by atoms with van der Waals surface area (Å²) in [7, 11) is 0. The van der Waals surface area contributed by atoms with Gasteiger partial charge in [-0.05, 0) is 24.5 Å². The van der Waals surface area contributed by atoms with Crippen molar-refractivity contribution in [2.24, 2.45) is 11.7 Å². The molecule has 1 aromatic rings. The number of benzene rings is 1. The van der Waals surface area contributed by atoms with Crippen molar-refractivity contribution in [1.82, 2.24) is 0 Å². The molecule has 1 atom stereocenters. The molecule has 0 radical (unpaired) electrons. The minimum atomic E-state index is -0.0711. The predicted molar refractivity (Wildman–Crippen MR) is 90.5 cm³/mol. The molecule has 0 aromatic heterocycles. The van der Waals surface area contributed by atoms with Crippen molar-refractivity contribution < 1.29 is 9.53 Å². The lowest BCUT2D eigenvalue weighted by molar-refractivity contribution is -0.117. The number of carbonyl (C=O) groups excluding carboxylic acids is 1.